The van der Waals surface area contributed by atoms with E-state index in [9.17, 15) is 4.79 Å². The molecule has 5 nitrogen and oxygen atoms in total. The van der Waals surface area contributed by atoms with Crippen LogP contribution in [0.5, 0.6) is 0 Å². The Morgan fingerprint density at radius 1 is 1.26 bits per heavy atom. The summed E-state index contributed by atoms with van der Waals surface area (Å²) in [7, 11) is 0. The number of carbonyl (C=O) groups is 1. The number of rotatable bonds is 8. The minimum absolute atomic E-state index is 0.0572. The summed E-state index contributed by atoms with van der Waals surface area (Å²) in [5, 5.41) is 14.7. The van der Waals surface area contributed by atoms with Crippen LogP contribution in [0.2, 0.25) is 0 Å². The fourth-order valence-corrected chi connectivity index (χ4v) is 4.54. The van der Waals surface area contributed by atoms with Gasteiger partial charge in [0.25, 0.3) is 0 Å². The van der Waals surface area contributed by atoms with E-state index in [2.05, 4.69) is 38.5 Å². The first kappa shape index (κ1) is 18.3. The third-order valence-corrected chi connectivity index (χ3v) is 6.48. The van der Waals surface area contributed by atoms with Crippen LogP contribution in [0.4, 0.5) is 0 Å². The molecule has 0 radical (unpaired) electrons. The molecule has 1 fully saturated rings. The van der Waals surface area contributed by atoms with Crippen LogP contribution in [0.1, 0.15) is 30.5 Å². The lowest BCUT2D eigenvalue weighted by Gasteiger charge is -2.13. The molecular weight excluding hydrogens is 376 g/mol. The second-order valence-corrected chi connectivity index (χ2v) is 8.78. The van der Waals surface area contributed by atoms with Crippen LogP contribution in [0, 0.1) is 5.92 Å². The minimum Gasteiger partial charge on any atom is -0.353 e. The maximum absolute atomic E-state index is 12.3. The smallest absolute Gasteiger partial charge is 0.230 e. The molecule has 1 aliphatic rings. The van der Waals surface area contributed by atoms with Gasteiger partial charge in [-0.15, -0.1) is 21.5 Å². The molecule has 0 bridgehead atoms. The highest BCUT2D eigenvalue weighted by Gasteiger charge is 2.29. The van der Waals surface area contributed by atoms with Gasteiger partial charge in [0, 0.05) is 23.0 Å². The SMILES string of the molecule is CC(NC(=O)CSc1nnc(Cc2cccs2)n1-c1ccccc1)C1CC1. The molecule has 0 spiro atoms. The van der Waals surface area contributed by atoms with Crippen molar-refractivity contribution in [1.29, 1.82) is 0 Å². The Balaban J connectivity index is 1.51. The Kier molecular flexibility index (Phi) is 5.59. The van der Waals surface area contributed by atoms with Gasteiger partial charge >= 0.3 is 0 Å². The van der Waals surface area contributed by atoms with Crippen molar-refractivity contribution in [3.8, 4) is 5.69 Å². The quantitative estimate of drug-likeness (QED) is 0.584. The van der Waals surface area contributed by atoms with Crippen molar-refractivity contribution in [2.45, 2.75) is 37.4 Å². The van der Waals surface area contributed by atoms with Gasteiger partial charge in [0.15, 0.2) is 5.16 Å². The summed E-state index contributed by atoms with van der Waals surface area (Å²) in [4.78, 5) is 13.5. The van der Waals surface area contributed by atoms with E-state index in [1.807, 2.05) is 36.4 Å². The van der Waals surface area contributed by atoms with Gasteiger partial charge in [0.2, 0.25) is 5.91 Å². The fraction of sp³-hybridized carbons (Fsp3) is 0.350. The van der Waals surface area contributed by atoms with Crippen molar-refractivity contribution in [2.75, 3.05) is 5.75 Å². The van der Waals surface area contributed by atoms with Gasteiger partial charge in [0.05, 0.1) is 5.75 Å². The zero-order chi connectivity index (χ0) is 18.6. The van der Waals surface area contributed by atoms with Gasteiger partial charge in [-0.05, 0) is 49.3 Å². The van der Waals surface area contributed by atoms with E-state index in [1.165, 1.54) is 29.5 Å². The molecule has 1 atom stereocenters. The maximum atomic E-state index is 12.3. The van der Waals surface area contributed by atoms with E-state index in [0.717, 1.165) is 23.1 Å². The molecule has 1 saturated carbocycles. The molecule has 140 valence electrons. The molecule has 4 rings (SSSR count). The van der Waals surface area contributed by atoms with E-state index < -0.39 is 0 Å². The molecule has 0 saturated heterocycles. The van der Waals surface area contributed by atoms with E-state index in [1.54, 1.807) is 11.3 Å². The number of nitrogens with zero attached hydrogens (tertiary/aromatic N) is 3. The molecule has 2 aromatic heterocycles. The van der Waals surface area contributed by atoms with Gasteiger partial charge in [-0.3, -0.25) is 9.36 Å². The van der Waals surface area contributed by atoms with Crippen molar-refractivity contribution in [1.82, 2.24) is 20.1 Å². The van der Waals surface area contributed by atoms with Gasteiger partial charge in [-0.1, -0.05) is 36.0 Å². The highest BCUT2D eigenvalue weighted by atomic mass is 32.2. The van der Waals surface area contributed by atoms with Crippen molar-refractivity contribution in [3.05, 3.63) is 58.5 Å². The Bertz CT molecular complexity index is 888. The molecule has 7 heteroatoms. The molecule has 1 aliphatic carbocycles. The summed E-state index contributed by atoms with van der Waals surface area (Å²) < 4.78 is 2.06. The Morgan fingerprint density at radius 3 is 2.78 bits per heavy atom. The summed E-state index contributed by atoms with van der Waals surface area (Å²) >= 11 is 3.15. The number of hydrogen-bond acceptors (Lipinski definition) is 5. The summed E-state index contributed by atoms with van der Waals surface area (Å²) in [6.45, 7) is 2.09. The lowest BCUT2D eigenvalue weighted by Crippen LogP contribution is -2.35. The maximum Gasteiger partial charge on any atom is 0.230 e. The highest BCUT2D eigenvalue weighted by Crippen LogP contribution is 2.32. The van der Waals surface area contributed by atoms with Crippen molar-refractivity contribution < 1.29 is 4.79 Å². The highest BCUT2D eigenvalue weighted by molar-refractivity contribution is 7.99. The van der Waals surface area contributed by atoms with Crippen molar-refractivity contribution in [3.63, 3.8) is 0 Å². The Hall–Kier alpha value is -2.12. The Morgan fingerprint density at radius 2 is 2.07 bits per heavy atom. The van der Waals surface area contributed by atoms with Crippen LogP contribution in [-0.4, -0.2) is 32.5 Å². The standard InChI is InChI=1S/C20H22N4OS2/c1-14(15-9-10-15)21-19(25)13-27-20-23-22-18(12-17-8-5-11-26-17)24(20)16-6-3-2-4-7-16/h2-8,11,14-15H,9-10,12-13H2,1H3,(H,21,25). The summed E-state index contributed by atoms with van der Waals surface area (Å²) in [5.41, 5.74) is 1.02. The number of benzene rings is 1. The van der Waals surface area contributed by atoms with E-state index >= 15 is 0 Å². The fourth-order valence-electron chi connectivity index (χ4n) is 3.05. The molecule has 1 aromatic carbocycles. The number of para-hydroxylation sites is 1. The molecule has 1 unspecified atom stereocenters. The number of thiophene rings is 1. The molecule has 1 amide bonds. The zero-order valence-corrected chi connectivity index (χ0v) is 16.8. The topological polar surface area (TPSA) is 59.8 Å². The van der Waals surface area contributed by atoms with Crippen LogP contribution in [0.15, 0.2) is 53.0 Å². The normalized spacial score (nSPS) is 14.9. The molecule has 1 N–H and O–H groups in total. The second-order valence-electron chi connectivity index (χ2n) is 6.81. The third kappa shape index (κ3) is 4.59. The summed E-state index contributed by atoms with van der Waals surface area (Å²) in [6, 6.07) is 14.5. The first-order chi connectivity index (χ1) is 13.2. The van der Waals surface area contributed by atoms with E-state index in [0.29, 0.717) is 11.7 Å². The Labute approximate surface area is 167 Å². The number of hydrogen-bond donors (Lipinski definition) is 1. The minimum atomic E-state index is 0.0572. The molecular formula is C20H22N4OS2. The molecule has 0 aliphatic heterocycles. The van der Waals surface area contributed by atoms with Crippen molar-refractivity contribution >= 4 is 29.0 Å². The predicted molar refractivity (Wildman–Crippen MR) is 110 cm³/mol. The average Bonchev–Trinajstić information content (AvgIpc) is 3.27. The lowest BCUT2D eigenvalue weighted by atomic mass is 10.2. The van der Waals surface area contributed by atoms with Crippen LogP contribution in [0.3, 0.4) is 0 Å². The van der Waals surface area contributed by atoms with Crippen LogP contribution < -0.4 is 5.32 Å². The number of thioether (sulfide) groups is 1. The first-order valence-electron chi connectivity index (χ1n) is 9.15. The summed E-state index contributed by atoms with van der Waals surface area (Å²) in [5.74, 6) is 1.95. The average molecular weight is 399 g/mol. The zero-order valence-electron chi connectivity index (χ0n) is 15.2. The monoisotopic (exact) mass is 398 g/mol. The first-order valence-corrected chi connectivity index (χ1v) is 11.0. The van der Waals surface area contributed by atoms with Gasteiger partial charge in [-0.2, -0.15) is 0 Å². The number of aromatic nitrogens is 3. The van der Waals surface area contributed by atoms with Crippen LogP contribution in [0.25, 0.3) is 5.69 Å². The molecule has 3 aromatic rings. The van der Waals surface area contributed by atoms with E-state index in [4.69, 9.17) is 0 Å². The number of amides is 1. The van der Waals surface area contributed by atoms with Gasteiger partial charge in [0.1, 0.15) is 5.82 Å². The van der Waals surface area contributed by atoms with Gasteiger partial charge in [-0.25, -0.2) is 0 Å². The number of nitrogens with one attached hydrogen (secondary N) is 1. The second kappa shape index (κ2) is 8.27. The summed E-state index contributed by atoms with van der Waals surface area (Å²) in [6.07, 6.45) is 3.18. The predicted octanol–water partition coefficient (Wildman–Crippen LogP) is 3.93. The largest absolute Gasteiger partial charge is 0.353 e. The number of carbonyl (C=O) groups excluding carboxylic acids is 1. The molecule has 27 heavy (non-hydrogen) atoms. The van der Waals surface area contributed by atoms with Crippen LogP contribution >= 0.6 is 23.1 Å². The van der Waals surface area contributed by atoms with E-state index in [-0.39, 0.29) is 11.9 Å². The lowest BCUT2D eigenvalue weighted by molar-refractivity contribution is -0.119. The van der Waals surface area contributed by atoms with Crippen LogP contribution in [-0.2, 0) is 11.2 Å². The third-order valence-electron chi connectivity index (χ3n) is 4.68. The van der Waals surface area contributed by atoms with Gasteiger partial charge < -0.3 is 5.32 Å². The molecule has 2 heterocycles. The van der Waals surface area contributed by atoms with Crippen molar-refractivity contribution in [2.24, 2.45) is 5.92 Å².